The molecule has 0 radical (unpaired) electrons. The van der Waals surface area contributed by atoms with Crippen LogP contribution in [0.1, 0.15) is 219 Å². The van der Waals surface area contributed by atoms with Gasteiger partial charge < -0.3 is 27.9 Å². The molecular weight excluding hydrogens is 709 g/mol. The van der Waals surface area contributed by atoms with E-state index >= 15 is 0 Å². The highest BCUT2D eigenvalue weighted by Gasteiger charge is 2.20. The molecule has 0 bridgehead atoms. The number of carbonyl (C=O) groups is 1. The Morgan fingerprint density at radius 1 is 0.545 bits per heavy atom. The second-order valence-electron chi connectivity index (χ2n) is 17.1. The molecule has 0 fully saturated rings. The molecule has 0 N–H and O–H groups in total. The number of likely N-dealkylation sites (N-methyl/N-ethyl adjacent to an activating group) is 1. The van der Waals surface area contributed by atoms with Crippen LogP contribution in [0, 0.1) is 0 Å². The lowest BCUT2D eigenvalue weighted by atomic mass is 10.0. The first-order chi connectivity index (χ1) is 26.6. The fraction of sp³-hybridized carbons (Fsp3) is 0.935. The van der Waals surface area contributed by atoms with Crippen LogP contribution in [-0.4, -0.2) is 70.7 Å². The summed E-state index contributed by atoms with van der Waals surface area (Å²) in [6.07, 6.45) is 43.6. The number of rotatable bonds is 44. The highest BCUT2D eigenvalue weighted by Crippen LogP contribution is 2.38. The second-order valence-corrected chi connectivity index (χ2v) is 18.5. The highest BCUT2D eigenvalue weighted by atomic mass is 31.2. The number of hydrogen-bond acceptors (Lipinski definition) is 7. The molecule has 0 aromatic carbocycles. The molecule has 0 aromatic rings. The normalized spacial score (nSPS) is 13.8. The molecule has 328 valence electrons. The topological polar surface area (TPSA) is 94.1 Å². The standard InChI is InChI=1S/C46H92NO7P/c1-6-8-10-12-14-16-18-20-22-24-26-28-30-32-34-36-38-41-51-43-45(44-53-55(49,50)52-42-40-47(3,4)5)54-46(48)39-37-35-33-31-29-27-25-23-21-19-17-15-13-11-9-7-2/h22,24,45H,6-21,23,25-44H2,1-5H3/b24-22-. The number of nitrogens with zero attached hydrogens (tertiary/aromatic N) is 1. The molecule has 9 heteroatoms. The van der Waals surface area contributed by atoms with E-state index in [9.17, 15) is 14.3 Å². The maximum atomic E-state index is 12.7. The molecule has 55 heavy (non-hydrogen) atoms. The molecule has 0 rings (SSSR count). The number of allylic oxidation sites excluding steroid dienone is 2. The minimum Gasteiger partial charge on any atom is -0.756 e. The Hall–Kier alpha value is -0.760. The van der Waals surface area contributed by atoms with Crippen molar-refractivity contribution in [3.05, 3.63) is 12.2 Å². The van der Waals surface area contributed by atoms with Gasteiger partial charge in [-0.2, -0.15) is 0 Å². The van der Waals surface area contributed by atoms with Gasteiger partial charge in [0.15, 0.2) is 0 Å². The van der Waals surface area contributed by atoms with E-state index in [0.29, 0.717) is 24.1 Å². The smallest absolute Gasteiger partial charge is 0.306 e. The van der Waals surface area contributed by atoms with Gasteiger partial charge in [0.1, 0.15) is 19.3 Å². The molecule has 0 aliphatic rings. The molecule has 0 aliphatic carbocycles. The third kappa shape index (κ3) is 44.2. The van der Waals surface area contributed by atoms with Crippen molar-refractivity contribution in [1.29, 1.82) is 0 Å². The Labute approximate surface area is 341 Å². The number of quaternary nitrogens is 1. The van der Waals surface area contributed by atoms with Gasteiger partial charge in [-0.1, -0.05) is 187 Å². The molecule has 0 amide bonds. The summed E-state index contributed by atoms with van der Waals surface area (Å²) >= 11 is 0. The third-order valence-electron chi connectivity index (χ3n) is 10.3. The SMILES string of the molecule is CCCCCCCCC/C=C\CCCCCCCCOCC(COP(=O)([O-])OCC[N+](C)(C)C)OC(=O)CCCCCCCCCCCCCCCCCC. The van der Waals surface area contributed by atoms with Gasteiger partial charge in [-0.15, -0.1) is 0 Å². The minimum absolute atomic E-state index is 0.0283. The molecular formula is C46H92NO7P. The van der Waals surface area contributed by atoms with Crippen LogP contribution in [0.2, 0.25) is 0 Å². The van der Waals surface area contributed by atoms with Crippen molar-refractivity contribution in [3.8, 4) is 0 Å². The predicted molar refractivity (Wildman–Crippen MR) is 231 cm³/mol. The van der Waals surface area contributed by atoms with Gasteiger partial charge in [-0.3, -0.25) is 9.36 Å². The predicted octanol–water partition coefficient (Wildman–Crippen LogP) is 13.2. The van der Waals surface area contributed by atoms with Crippen LogP contribution in [-0.2, 0) is 27.9 Å². The number of hydrogen-bond donors (Lipinski definition) is 0. The number of esters is 1. The molecule has 8 nitrogen and oxygen atoms in total. The average Bonchev–Trinajstić information content (AvgIpc) is 3.13. The van der Waals surface area contributed by atoms with Gasteiger partial charge in [0.25, 0.3) is 7.82 Å². The molecule has 0 saturated carbocycles. The molecule has 0 aliphatic heterocycles. The van der Waals surface area contributed by atoms with Gasteiger partial charge in [0.2, 0.25) is 0 Å². The number of phosphoric acid groups is 1. The third-order valence-corrected chi connectivity index (χ3v) is 11.3. The summed E-state index contributed by atoms with van der Waals surface area (Å²) in [5.41, 5.74) is 0. The van der Waals surface area contributed by atoms with Gasteiger partial charge >= 0.3 is 5.97 Å². The largest absolute Gasteiger partial charge is 0.756 e. The number of carbonyl (C=O) groups excluding carboxylic acids is 1. The fourth-order valence-electron chi connectivity index (χ4n) is 6.66. The molecule has 0 heterocycles. The van der Waals surface area contributed by atoms with Crippen molar-refractivity contribution >= 4 is 13.8 Å². The lowest BCUT2D eigenvalue weighted by molar-refractivity contribution is -0.870. The first-order valence-electron chi connectivity index (χ1n) is 23.4. The van der Waals surface area contributed by atoms with Gasteiger partial charge in [-0.05, 0) is 38.5 Å². The van der Waals surface area contributed by atoms with Crippen LogP contribution in [0.3, 0.4) is 0 Å². The second kappa shape index (κ2) is 40.0. The Balaban J connectivity index is 4.18. The van der Waals surface area contributed by atoms with Gasteiger partial charge in [0.05, 0.1) is 34.4 Å². The van der Waals surface area contributed by atoms with Crippen LogP contribution < -0.4 is 4.89 Å². The summed E-state index contributed by atoms with van der Waals surface area (Å²) < 4.78 is 34.6. The summed E-state index contributed by atoms with van der Waals surface area (Å²) in [7, 11) is 1.36. The van der Waals surface area contributed by atoms with Crippen LogP contribution in [0.4, 0.5) is 0 Å². The fourth-order valence-corrected chi connectivity index (χ4v) is 7.39. The highest BCUT2D eigenvalue weighted by molar-refractivity contribution is 7.45. The van der Waals surface area contributed by atoms with Crippen molar-refractivity contribution in [3.63, 3.8) is 0 Å². The van der Waals surface area contributed by atoms with Crippen LogP contribution >= 0.6 is 7.82 Å². The van der Waals surface area contributed by atoms with Crippen molar-refractivity contribution in [2.75, 3.05) is 54.1 Å². The summed E-state index contributed by atoms with van der Waals surface area (Å²) in [4.78, 5) is 25.1. The van der Waals surface area contributed by atoms with E-state index in [0.717, 1.165) is 32.1 Å². The summed E-state index contributed by atoms with van der Waals surface area (Å²) in [6.45, 7) is 5.44. The lowest BCUT2D eigenvalue weighted by Gasteiger charge is -2.28. The lowest BCUT2D eigenvalue weighted by Crippen LogP contribution is -2.37. The summed E-state index contributed by atoms with van der Waals surface area (Å²) in [5, 5.41) is 0. The van der Waals surface area contributed by atoms with Crippen LogP contribution in [0.5, 0.6) is 0 Å². The maximum Gasteiger partial charge on any atom is 0.306 e. The molecule has 2 unspecified atom stereocenters. The zero-order valence-electron chi connectivity index (χ0n) is 37.1. The van der Waals surface area contributed by atoms with Crippen molar-refractivity contribution < 1.29 is 37.3 Å². The maximum absolute atomic E-state index is 12.7. The quantitative estimate of drug-likeness (QED) is 0.0199. The Morgan fingerprint density at radius 2 is 0.945 bits per heavy atom. The van der Waals surface area contributed by atoms with Crippen LogP contribution in [0.25, 0.3) is 0 Å². The summed E-state index contributed by atoms with van der Waals surface area (Å²) in [6, 6.07) is 0. The first-order valence-corrected chi connectivity index (χ1v) is 24.9. The van der Waals surface area contributed by atoms with E-state index in [4.69, 9.17) is 18.5 Å². The number of unbranched alkanes of at least 4 members (excludes halogenated alkanes) is 28. The molecule has 0 aromatic heterocycles. The summed E-state index contributed by atoms with van der Waals surface area (Å²) in [5.74, 6) is -0.332. The van der Waals surface area contributed by atoms with E-state index in [1.54, 1.807) is 0 Å². The average molecular weight is 802 g/mol. The van der Waals surface area contributed by atoms with Crippen LogP contribution in [0.15, 0.2) is 12.2 Å². The number of phosphoric ester groups is 1. The first kappa shape index (κ1) is 54.2. The van der Waals surface area contributed by atoms with Crippen molar-refractivity contribution in [2.45, 2.75) is 225 Å². The Morgan fingerprint density at radius 3 is 1.38 bits per heavy atom. The van der Waals surface area contributed by atoms with Gasteiger partial charge in [0, 0.05) is 13.0 Å². The molecule has 0 saturated heterocycles. The molecule has 0 spiro atoms. The van der Waals surface area contributed by atoms with Crippen molar-refractivity contribution in [1.82, 2.24) is 0 Å². The minimum atomic E-state index is -4.52. The zero-order chi connectivity index (χ0) is 40.6. The van der Waals surface area contributed by atoms with E-state index < -0.39 is 13.9 Å². The van der Waals surface area contributed by atoms with E-state index in [1.807, 2.05) is 21.1 Å². The van der Waals surface area contributed by atoms with Crippen molar-refractivity contribution in [2.24, 2.45) is 0 Å². The monoisotopic (exact) mass is 802 g/mol. The van der Waals surface area contributed by atoms with E-state index in [-0.39, 0.29) is 25.8 Å². The van der Waals surface area contributed by atoms with E-state index in [2.05, 4.69) is 26.0 Å². The zero-order valence-corrected chi connectivity index (χ0v) is 38.0. The number of ether oxygens (including phenoxy) is 2. The van der Waals surface area contributed by atoms with Gasteiger partial charge in [-0.25, -0.2) is 0 Å². The Bertz CT molecular complexity index is 894. The Kier molecular flexibility index (Phi) is 39.5. The van der Waals surface area contributed by atoms with E-state index in [1.165, 1.54) is 167 Å². The molecule has 2 atom stereocenters.